The molecule has 0 fully saturated rings. The highest BCUT2D eigenvalue weighted by Crippen LogP contribution is 2.27. The predicted molar refractivity (Wildman–Crippen MR) is 79.9 cm³/mol. The molecular formula is C16H14BrF2N. The number of anilines is 1. The molecule has 1 unspecified atom stereocenters. The molecule has 0 heterocycles. The van der Waals surface area contributed by atoms with Gasteiger partial charge in [-0.25, -0.2) is 8.78 Å². The van der Waals surface area contributed by atoms with E-state index >= 15 is 0 Å². The molecular weight excluding hydrogens is 324 g/mol. The molecule has 1 nitrogen and oxygen atoms in total. The Bertz CT molecular complexity index is 642. The number of fused-ring (bicyclic) bond motifs is 1. The molecule has 0 saturated heterocycles. The largest absolute Gasteiger partial charge is 0.380 e. The van der Waals surface area contributed by atoms with E-state index in [1.165, 1.54) is 17.2 Å². The molecule has 4 heteroatoms. The van der Waals surface area contributed by atoms with Crippen molar-refractivity contribution >= 4 is 21.6 Å². The number of halogens is 3. The van der Waals surface area contributed by atoms with E-state index < -0.39 is 11.6 Å². The van der Waals surface area contributed by atoms with Crippen molar-refractivity contribution in [3.63, 3.8) is 0 Å². The van der Waals surface area contributed by atoms with Gasteiger partial charge in [-0.1, -0.05) is 24.3 Å². The number of hydrogen-bond acceptors (Lipinski definition) is 1. The van der Waals surface area contributed by atoms with Gasteiger partial charge < -0.3 is 5.32 Å². The second-order valence-corrected chi connectivity index (χ2v) is 5.95. The predicted octanol–water partition coefficient (Wildman–Crippen LogP) is 4.70. The third kappa shape index (κ3) is 2.70. The highest BCUT2D eigenvalue weighted by atomic mass is 79.9. The van der Waals surface area contributed by atoms with Crippen LogP contribution in [-0.4, -0.2) is 6.04 Å². The van der Waals surface area contributed by atoms with Crippen molar-refractivity contribution in [3.05, 3.63) is 63.6 Å². The SMILES string of the molecule is Fc1cc(NC2CCc3ccccc3C2)c(F)cc1Br. The molecule has 1 aliphatic carbocycles. The molecule has 1 atom stereocenters. The number of benzene rings is 2. The zero-order chi connectivity index (χ0) is 14.1. The first kappa shape index (κ1) is 13.6. The van der Waals surface area contributed by atoms with Gasteiger partial charge in [0, 0.05) is 12.1 Å². The molecule has 2 aromatic rings. The van der Waals surface area contributed by atoms with Gasteiger partial charge in [0.15, 0.2) is 0 Å². The molecule has 0 aromatic heterocycles. The van der Waals surface area contributed by atoms with Gasteiger partial charge in [0.05, 0.1) is 10.2 Å². The van der Waals surface area contributed by atoms with Crippen LogP contribution in [0.5, 0.6) is 0 Å². The Labute approximate surface area is 125 Å². The van der Waals surface area contributed by atoms with Crippen LogP contribution in [0.2, 0.25) is 0 Å². The second-order valence-electron chi connectivity index (χ2n) is 5.10. The van der Waals surface area contributed by atoms with Gasteiger partial charge in [0.25, 0.3) is 0 Å². The number of aryl methyl sites for hydroxylation is 1. The minimum atomic E-state index is -0.454. The summed E-state index contributed by atoms with van der Waals surface area (Å²) in [7, 11) is 0. The molecule has 0 aliphatic heterocycles. The fourth-order valence-corrected chi connectivity index (χ4v) is 2.99. The highest BCUT2D eigenvalue weighted by molar-refractivity contribution is 9.10. The first-order valence-corrected chi connectivity index (χ1v) is 7.40. The van der Waals surface area contributed by atoms with E-state index in [1.807, 2.05) is 12.1 Å². The van der Waals surface area contributed by atoms with Crippen molar-refractivity contribution in [2.24, 2.45) is 0 Å². The van der Waals surface area contributed by atoms with Gasteiger partial charge in [0.1, 0.15) is 11.6 Å². The first-order valence-electron chi connectivity index (χ1n) is 6.61. The number of nitrogens with one attached hydrogen (secondary N) is 1. The van der Waals surface area contributed by atoms with Gasteiger partial charge in [0.2, 0.25) is 0 Å². The molecule has 0 saturated carbocycles. The Kier molecular flexibility index (Phi) is 3.74. The Hall–Kier alpha value is -1.42. The van der Waals surface area contributed by atoms with Crippen LogP contribution in [0.3, 0.4) is 0 Å². The maximum Gasteiger partial charge on any atom is 0.147 e. The number of rotatable bonds is 2. The zero-order valence-corrected chi connectivity index (χ0v) is 12.4. The smallest absolute Gasteiger partial charge is 0.147 e. The maximum atomic E-state index is 13.8. The van der Waals surface area contributed by atoms with Gasteiger partial charge in [-0.2, -0.15) is 0 Å². The van der Waals surface area contributed by atoms with Crippen molar-refractivity contribution in [1.29, 1.82) is 0 Å². The van der Waals surface area contributed by atoms with Crippen LogP contribution in [0.1, 0.15) is 17.5 Å². The summed E-state index contributed by atoms with van der Waals surface area (Å²) in [5, 5.41) is 3.12. The van der Waals surface area contributed by atoms with Crippen LogP contribution in [0, 0.1) is 11.6 Å². The Morgan fingerprint density at radius 2 is 1.80 bits per heavy atom. The minimum absolute atomic E-state index is 0.139. The van der Waals surface area contributed by atoms with Crippen molar-refractivity contribution in [2.45, 2.75) is 25.3 Å². The molecule has 3 rings (SSSR count). The Morgan fingerprint density at radius 3 is 2.60 bits per heavy atom. The van der Waals surface area contributed by atoms with Crippen molar-refractivity contribution in [2.75, 3.05) is 5.32 Å². The van der Waals surface area contributed by atoms with Gasteiger partial charge in [-0.15, -0.1) is 0 Å². The summed E-state index contributed by atoms with van der Waals surface area (Å²) in [6.45, 7) is 0. The molecule has 1 N–H and O–H groups in total. The standard InChI is InChI=1S/C16H14BrF2N/c17-13-8-15(19)16(9-14(13)18)20-12-6-5-10-3-1-2-4-11(10)7-12/h1-4,8-9,12,20H,5-7H2. The van der Waals surface area contributed by atoms with E-state index in [9.17, 15) is 8.78 Å². The van der Waals surface area contributed by atoms with E-state index in [1.54, 1.807) is 0 Å². The van der Waals surface area contributed by atoms with Crippen LogP contribution in [0.15, 0.2) is 40.9 Å². The van der Waals surface area contributed by atoms with E-state index in [-0.39, 0.29) is 16.2 Å². The topological polar surface area (TPSA) is 12.0 Å². The molecule has 0 bridgehead atoms. The molecule has 0 amide bonds. The normalized spacial score (nSPS) is 17.6. The Morgan fingerprint density at radius 1 is 1.05 bits per heavy atom. The van der Waals surface area contributed by atoms with Crippen LogP contribution in [0.4, 0.5) is 14.5 Å². The van der Waals surface area contributed by atoms with Crippen molar-refractivity contribution < 1.29 is 8.78 Å². The second kappa shape index (κ2) is 5.52. The van der Waals surface area contributed by atoms with Crippen LogP contribution in [-0.2, 0) is 12.8 Å². The van der Waals surface area contributed by atoms with E-state index in [4.69, 9.17) is 0 Å². The van der Waals surface area contributed by atoms with Crippen LogP contribution in [0.25, 0.3) is 0 Å². The zero-order valence-electron chi connectivity index (χ0n) is 10.8. The summed E-state index contributed by atoms with van der Waals surface area (Å²) in [6, 6.07) is 10.8. The molecule has 0 spiro atoms. The fourth-order valence-electron chi connectivity index (χ4n) is 2.67. The summed E-state index contributed by atoms with van der Waals surface area (Å²) < 4.78 is 27.5. The van der Waals surface area contributed by atoms with Crippen LogP contribution >= 0.6 is 15.9 Å². The lowest BCUT2D eigenvalue weighted by Gasteiger charge is -2.26. The summed E-state index contributed by atoms with van der Waals surface area (Å²) in [4.78, 5) is 0. The molecule has 20 heavy (non-hydrogen) atoms. The van der Waals surface area contributed by atoms with Crippen molar-refractivity contribution in [3.8, 4) is 0 Å². The lowest BCUT2D eigenvalue weighted by molar-refractivity contribution is 0.578. The van der Waals surface area contributed by atoms with Gasteiger partial charge >= 0.3 is 0 Å². The van der Waals surface area contributed by atoms with Crippen LogP contribution < -0.4 is 5.32 Å². The van der Waals surface area contributed by atoms with E-state index in [2.05, 4.69) is 33.4 Å². The monoisotopic (exact) mass is 337 g/mol. The molecule has 1 aliphatic rings. The summed E-state index contributed by atoms with van der Waals surface area (Å²) in [5.41, 5.74) is 2.87. The lowest BCUT2D eigenvalue weighted by Crippen LogP contribution is -2.27. The highest BCUT2D eigenvalue weighted by Gasteiger charge is 2.19. The molecule has 0 radical (unpaired) electrons. The maximum absolute atomic E-state index is 13.8. The quantitative estimate of drug-likeness (QED) is 0.783. The summed E-state index contributed by atoms with van der Waals surface area (Å²) in [5.74, 6) is -0.887. The fraction of sp³-hybridized carbons (Fsp3) is 0.250. The molecule has 104 valence electrons. The average Bonchev–Trinajstić information content (AvgIpc) is 2.44. The lowest BCUT2D eigenvalue weighted by atomic mass is 9.88. The first-order chi connectivity index (χ1) is 9.63. The van der Waals surface area contributed by atoms with E-state index in [0.717, 1.165) is 25.3 Å². The Balaban J connectivity index is 1.78. The summed E-state index contributed by atoms with van der Waals surface area (Å²) in [6.07, 6.45) is 2.73. The van der Waals surface area contributed by atoms with Gasteiger partial charge in [-0.05, 0) is 52.4 Å². The van der Waals surface area contributed by atoms with E-state index in [0.29, 0.717) is 0 Å². The third-order valence-electron chi connectivity index (χ3n) is 3.72. The van der Waals surface area contributed by atoms with Gasteiger partial charge in [-0.3, -0.25) is 0 Å². The minimum Gasteiger partial charge on any atom is -0.380 e. The average molecular weight is 338 g/mol. The third-order valence-corrected chi connectivity index (χ3v) is 4.32. The molecule has 2 aromatic carbocycles. The summed E-state index contributed by atoms with van der Waals surface area (Å²) >= 11 is 2.98. The van der Waals surface area contributed by atoms with Crippen molar-refractivity contribution in [1.82, 2.24) is 0 Å². The number of hydrogen-bond donors (Lipinski definition) is 1.